The minimum absolute atomic E-state index is 0.137. The Kier molecular flexibility index (Phi) is 4.57. The number of thioether (sulfide) groups is 1. The van der Waals surface area contributed by atoms with Gasteiger partial charge in [-0.15, -0.1) is 5.10 Å². The number of anilines is 1. The Balaban J connectivity index is 2.02. The van der Waals surface area contributed by atoms with Gasteiger partial charge in [-0.2, -0.15) is 0 Å². The van der Waals surface area contributed by atoms with Crippen molar-refractivity contribution >= 4 is 23.4 Å². The maximum absolute atomic E-state index is 12.2. The number of methoxy groups -OCH3 is 1. The van der Waals surface area contributed by atoms with Crippen LogP contribution < -0.4 is 10.1 Å². The van der Waals surface area contributed by atoms with Crippen molar-refractivity contribution < 1.29 is 9.53 Å². The first-order valence-electron chi connectivity index (χ1n) is 5.94. The van der Waals surface area contributed by atoms with E-state index in [1.807, 2.05) is 12.1 Å². The van der Waals surface area contributed by atoms with Crippen LogP contribution in [0.15, 0.2) is 29.4 Å². The summed E-state index contributed by atoms with van der Waals surface area (Å²) in [5.74, 6) is 0.487. The lowest BCUT2D eigenvalue weighted by Gasteiger charge is -2.13. The highest BCUT2D eigenvalue weighted by atomic mass is 32.2. The number of nitrogens with zero attached hydrogens (tertiary/aromatic N) is 4. The molecule has 0 fully saturated rings. The fourth-order valence-electron chi connectivity index (χ4n) is 1.51. The van der Waals surface area contributed by atoms with Gasteiger partial charge in [0.1, 0.15) is 5.75 Å². The normalized spacial score (nSPS) is 11.9. The first-order valence-corrected chi connectivity index (χ1v) is 6.82. The fraction of sp³-hybridized carbons (Fsp3) is 0.333. The SMILES string of the molecule is COc1ccccc1NC(=O)[C@H](C)Sc1nnnn1C. The molecule has 1 amide bonds. The van der Waals surface area contributed by atoms with Crippen molar-refractivity contribution in [3.05, 3.63) is 24.3 Å². The van der Waals surface area contributed by atoms with Gasteiger partial charge in [0.2, 0.25) is 11.1 Å². The second kappa shape index (κ2) is 6.38. The van der Waals surface area contributed by atoms with Gasteiger partial charge < -0.3 is 10.1 Å². The van der Waals surface area contributed by atoms with Crippen molar-refractivity contribution in [2.24, 2.45) is 7.05 Å². The van der Waals surface area contributed by atoms with Crippen LogP contribution in [0.4, 0.5) is 5.69 Å². The highest BCUT2D eigenvalue weighted by molar-refractivity contribution is 8.00. The van der Waals surface area contributed by atoms with Gasteiger partial charge in [0, 0.05) is 7.05 Å². The standard InChI is InChI=1S/C12H15N5O2S/c1-8(20-12-14-15-16-17(12)2)11(18)13-9-6-4-5-7-10(9)19-3/h4-8H,1-3H3,(H,13,18)/t8-/m0/s1. The third-order valence-electron chi connectivity index (χ3n) is 2.60. The summed E-state index contributed by atoms with van der Waals surface area (Å²) in [7, 11) is 3.29. The van der Waals surface area contributed by atoms with E-state index >= 15 is 0 Å². The molecule has 0 aliphatic heterocycles. The van der Waals surface area contributed by atoms with Gasteiger partial charge >= 0.3 is 0 Å². The molecule has 2 rings (SSSR count). The zero-order valence-corrected chi connectivity index (χ0v) is 12.2. The molecule has 7 nitrogen and oxygen atoms in total. The molecule has 0 aliphatic rings. The number of ether oxygens (including phenoxy) is 1. The van der Waals surface area contributed by atoms with Crippen molar-refractivity contribution in [3.8, 4) is 5.75 Å². The van der Waals surface area contributed by atoms with Crippen LogP contribution in [0.3, 0.4) is 0 Å². The van der Waals surface area contributed by atoms with Crippen LogP contribution in [-0.2, 0) is 11.8 Å². The van der Waals surface area contributed by atoms with Crippen LogP contribution in [0, 0.1) is 0 Å². The number of nitrogens with one attached hydrogen (secondary N) is 1. The summed E-state index contributed by atoms with van der Waals surface area (Å²) < 4.78 is 6.72. The van der Waals surface area contributed by atoms with E-state index in [1.165, 1.54) is 16.4 Å². The predicted molar refractivity (Wildman–Crippen MR) is 75.7 cm³/mol. The summed E-state index contributed by atoms with van der Waals surface area (Å²) in [5, 5.41) is 14.2. The van der Waals surface area contributed by atoms with Crippen LogP contribution in [0.5, 0.6) is 5.75 Å². The van der Waals surface area contributed by atoms with Gasteiger partial charge in [0.25, 0.3) is 0 Å². The van der Waals surface area contributed by atoms with Crippen LogP contribution in [0.2, 0.25) is 0 Å². The minimum atomic E-state index is -0.329. The number of carbonyl (C=O) groups is 1. The maximum Gasteiger partial charge on any atom is 0.237 e. The molecule has 0 spiro atoms. The number of hydrogen-bond acceptors (Lipinski definition) is 6. The lowest BCUT2D eigenvalue weighted by Crippen LogP contribution is -2.23. The number of carbonyl (C=O) groups excluding carboxylic acids is 1. The van der Waals surface area contributed by atoms with E-state index in [9.17, 15) is 4.79 Å². The highest BCUT2D eigenvalue weighted by Crippen LogP contribution is 2.25. The maximum atomic E-state index is 12.2. The molecule has 2 aromatic rings. The lowest BCUT2D eigenvalue weighted by atomic mass is 10.3. The van der Waals surface area contributed by atoms with Gasteiger partial charge in [-0.3, -0.25) is 4.79 Å². The Bertz CT molecular complexity index is 601. The van der Waals surface area contributed by atoms with E-state index in [1.54, 1.807) is 33.2 Å². The highest BCUT2D eigenvalue weighted by Gasteiger charge is 2.18. The Morgan fingerprint density at radius 3 is 2.85 bits per heavy atom. The summed E-state index contributed by atoms with van der Waals surface area (Å²) >= 11 is 1.29. The number of aromatic nitrogens is 4. The average molecular weight is 293 g/mol. The Morgan fingerprint density at radius 1 is 1.45 bits per heavy atom. The van der Waals surface area contributed by atoms with Crippen LogP contribution in [0.25, 0.3) is 0 Å². The number of para-hydroxylation sites is 2. The summed E-state index contributed by atoms with van der Waals surface area (Å²) in [6.45, 7) is 1.80. The van der Waals surface area contributed by atoms with E-state index in [-0.39, 0.29) is 11.2 Å². The molecule has 20 heavy (non-hydrogen) atoms. The van der Waals surface area contributed by atoms with Crippen molar-refractivity contribution in [1.29, 1.82) is 0 Å². The summed E-state index contributed by atoms with van der Waals surface area (Å²) in [6.07, 6.45) is 0. The van der Waals surface area contributed by atoms with Crippen molar-refractivity contribution in [1.82, 2.24) is 20.2 Å². The topological polar surface area (TPSA) is 81.9 Å². The second-order valence-corrected chi connectivity index (χ2v) is 5.34. The number of tetrazole rings is 1. The van der Waals surface area contributed by atoms with E-state index in [2.05, 4.69) is 20.8 Å². The molecule has 1 aromatic carbocycles. The molecule has 0 saturated carbocycles. The third-order valence-corrected chi connectivity index (χ3v) is 3.72. The number of benzene rings is 1. The van der Waals surface area contributed by atoms with Crippen molar-refractivity contribution in [2.45, 2.75) is 17.3 Å². The summed E-state index contributed by atoms with van der Waals surface area (Å²) in [6, 6.07) is 7.26. The van der Waals surface area contributed by atoms with E-state index in [0.717, 1.165) is 0 Å². The quantitative estimate of drug-likeness (QED) is 0.838. The molecule has 0 bridgehead atoms. The van der Waals surface area contributed by atoms with E-state index in [0.29, 0.717) is 16.6 Å². The molecule has 1 N–H and O–H groups in total. The Hall–Kier alpha value is -2.09. The minimum Gasteiger partial charge on any atom is -0.495 e. The van der Waals surface area contributed by atoms with Gasteiger partial charge in [-0.1, -0.05) is 23.9 Å². The molecule has 8 heteroatoms. The van der Waals surface area contributed by atoms with Crippen molar-refractivity contribution in [3.63, 3.8) is 0 Å². The number of hydrogen-bond donors (Lipinski definition) is 1. The third kappa shape index (κ3) is 3.27. The van der Waals surface area contributed by atoms with E-state index < -0.39 is 0 Å². The molecule has 0 saturated heterocycles. The number of rotatable bonds is 5. The number of amides is 1. The first-order chi connectivity index (χ1) is 9.61. The fourth-order valence-corrected chi connectivity index (χ4v) is 2.27. The number of aryl methyl sites for hydroxylation is 1. The Labute approximate surface area is 120 Å². The largest absolute Gasteiger partial charge is 0.495 e. The van der Waals surface area contributed by atoms with Gasteiger partial charge in [0.05, 0.1) is 18.0 Å². The van der Waals surface area contributed by atoms with E-state index in [4.69, 9.17) is 4.74 Å². The van der Waals surface area contributed by atoms with Crippen LogP contribution >= 0.6 is 11.8 Å². The Morgan fingerprint density at radius 2 is 2.20 bits per heavy atom. The lowest BCUT2D eigenvalue weighted by molar-refractivity contribution is -0.115. The van der Waals surface area contributed by atoms with Gasteiger partial charge in [0.15, 0.2) is 0 Å². The monoisotopic (exact) mass is 293 g/mol. The molecule has 106 valence electrons. The van der Waals surface area contributed by atoms with Crippen LogP contribution in [-0.4, -0.2) is 38.5 Å². The molecule has 1 aromatic heterocycles. The van der Waals surface area contributed by atoms with Gasteiger partial charge in [-0.25, -0.2) is 4.68 Å². The summed E-state index contributed by atoms with van der Waals surface area (Å²) in [4.78, 5) is 12.2. The van der Waals surface area contributed by atoms with Crippen LogP contribution in [0.1, 0.15) is 6.92 Å². The first kappa shape index (κ1) is 14.3. The van der Waals surface area contributed by atoms with Crippen molar-refractivity contribution in [2.75, 3.05) is 12.4 Å². The second-order valence-electron chi connectivity index (χ2n) is 4.03. The zero-order valence-electron chi connectivity index (χ0n) is 11.4. The molecule has 1 atom stereocenters. The zero-order chi connectivity index (χ0) is 14.5. The smallest absolute Gasteiger partial charge is 0.237 e. The molecular formula is C12H15N5O2S. The molecule has 1 heterocycles. The molecule has 0 radical (unpaired) electrons. The molecular weight excluding hydrogens is 278 g/mol. The molecule has 0 aliphatic carbocycles. The van der Waals surface area contributed by atoms with Gasteiger partial charge in [-0.05, 0) is 29.5 Å². The summed E-state index contributed by atoms with van der Waals surface area (Å²) in [5.41, 5.74) is 0.642. The average Bonchev–Trinajstić information content (AvgIpc) is 2.84. The predicted octanol–water partition coefficient (Wildman–Crippen LogP) is 1.34. The molecule has 0 unspecified atom stereocenters.